The van der Waals surface area contributed by atoms with Gasteiger partial charge in [-0.3, -0.25) is 9.78 Å². The molecule has 0 aliphatic carbocycles. The quantitative estimate of drug-likeness (QED) is 0.845. The van der Waals surface area contributed by atoms with Crippen molar-refractivity contribution < 1.29 is 4.79 Å². The van der Waals surface area contributed by atoms with E-state index in [1.807, 2.05) is 12.3 Å². The number of anilines is 1. The second-order valence-electron chi connectivity index (χ2n) is 3.35. The molecule has 0 saturated carbocycles. The van der Waals surface area contributed by atoms with Gasteiger partial charge in [0, 0.05) is 29.5 Å². The minimum Gasteiger partial charge on any atom is -0.322 e. The van der Waals surface area contributed by atoms with Gasteiger partial charge in [0.05, 0.1) is 10.7 Å². The van der Waals surface area contributed by atoms with Crippen LogP contribution in [0.15, 0.2) is 36.0 Å². The Morgan fingerprint density at radius 2 is 2.18 bits per heavy atom. The van der Waals surface area contributed by atoms with Gasteiger partial charge in [0.1, 0.15) is 0 Å². The fourth-order valence-electron chi connectivity index (χ4n) is 1.24. The van der Waals surface area contributed by atoms with E-state index in [0.717, 1.165) is 16.4 Å². The lowest BCUT2D eigenvalue weighted by molar-refractivity contribution is -0.111. The predicted octanol–water partition coefficient (Wildman–Crippen LogP) is 2.50. The number of aryl methyl sites for hydroxylation is 1. The topological polar surface area (TPSA) is 54.9 Å². The average Bonchev–Trinajstić information content (AvgIpc) is 2.74. The van der Waals surface area contributed by atoms with E-state index in [1.165, 1.54) is 6.08 Å². The lowest BCUT2D eigenvalue weighted by Gasteiger charge is -1.99. The first-order valence-corrected chi connectivity index (χ1v) is 5.93. The van der Waals surface area contributed by atoms with Crippen LogP contribution in [0.3, 0.4) is 0 Å². The Hall–Kier alpha value is -2.01. The van der Waals surface area contributed by atoms with Crippen molar-refractivity contribution in [1.29, 1.82) is 0 Å². The lowest BCUT2D eigenvalue weighted by Crippen LogP contribution is -2.07. The zero-order valence-corrected chi connectivity index (χ0v) is 10.1. The average molecular weight is 245 g/mol. The van der Waals surface area contributed by atoms with E-state index in [2.05, 4.69) is 15.3 Å². The SMILES string of the molecule is Cc1nc(C=CC(=O)Nc2ccncc2)cs1. The van der Waals surface area contributed by atoms with E-state index in [4.69, 9.17) is 0 Å². The number of rotatable bonds is 3. The van der Waals surface area contributed by atoms with Crippen LogP contribution in [-0.4, -0.2) is 15.9 Å². The highest BCUT2D eigenvalue weighted by molar-refractivity contribution is 7.09. The van der Waals surface area contributed by atoms with E-state index in [1.54, 1.807) is 41.9 Å². The molecule has 0 spiro atoms. The van der Waals surface area contributed by atoms with E-state index in [-0.39, 0.29) is 5.91 Å². The molecular weight excluding hydrogens is 234 g/mol. The van der Waals surface area contributed by atoms with Crippen LogP contribution >= 0.6 is 11.3 Å². The summed E-state index contributed by atoms with van der Waals surface area (Å²) in [4.78, 5) is 19.7. The summed E-state index contributed by atoms with van der Waals surface area (Å²) in [6.07, 6.45) is 6.42. The third-order valence-corrected chi connectivity index (χ3v) is 2.78. The third kappa shape index (κ3) is 3.49. The maximum Gasteiger partial charge on any atom is 0.248 e. The molecule has 2 rings (SSSR count). The van der Waals surface area contributed by atoms with Crippen LogP contribution in [0.2, 0.25) is 0 Å². The Morgan fingerprint density at radius 1 is 1.41 bits per heavy atom. The molecule has 2 aromatic heterocycles. The highest BCUT2D eigenvalue weighted by atomic mass is 32.1. The van der Waals surface area contributed by atoms with Gasteiger partial charge in [-0.15, -0.1) is 11.3 Å². The molecule has 1 N–H and O–H groups in total. The monoisotopic (exact) mass is 245 g/mol. The van der Waals surface area contributed by atoms with Gasteiger partial charge in [0.2, 0.25) is 5.91 Å². The zero-order chi connectivity index (χ0) is 12.1. The summed E-state index contributed by atoms with van der Waals surface area (Å²) in [6.45, 7) is 1.93. The minimum absolute atomic E-state index is 0.179. The molecule has 0 atom stereocenters. The molecule has 2 heterocycles. The van der Waals surface area contributed by atoms with Gasteiger partial charge in [-0.1, -0.05) is 0 Å². The molecule has 4 nitrogen and oxygen atoms in total. The molecule has 0 unspecified atom stereocenters. The normalized spacial score (nSPS) is 10.6. The Balaban J connectivity index is 1.96. The van der Waals surface area contributed by atoms with Gasteiger partial charge in [0.25, 0.3) is 0 Å². The fraction of sp³-hybridized carbons (Fsp3) is 0.0833. The van der Waals surface area contributed by atoms with E-state index >= 15 is 0 Å². The number of nitrogens with one attached hydrogen (secondary N) is 1. The first-order chi connectivity index (χ1) is 8.24. The Bertz CT molecular complexity index is 534. The highest BCUT2D eigenvalue weighted by Crippen LogP contribution is 2.09. The maximum absolute atomic E-state index is 11.5. The molecule has 0 aliphatic heterocycles. The molecule has 0 fully saturated rings. The maximum atomic E-state index is 11.5. The number of pyridine rings is 1. The predicted molar refractivity (Wildman–Crippen MR) is 68.8 cm³/mol. The van der Waals surface area contributed by atoms with Crippen LogP contribution in [0, 0.1) is 6.92 Å². The van der Waals surface area contributed by atoms with Gasteiger partial charge >= 0.3 is 0 Å². The zero-order valence-electron chi connectivity index (χ0n) is 9.25. The van der Waals surface area contributed by atoms with E-state index in [0.29, 0.717) is 0 Å². The summed E-state index contributed by atoms with van der Waals surface area (Å²) in [5.74, 6) is -0.179. The molecule has 0 aliphatic rings. The van der Waals surface area contributed by atoms with Crippen LogP contribution in [0.25, 0.3) is 6.08 Å². The van der Waals surface area contributed by atoms with Crippen LogP contribution < -0.4 is 5.32 Å². The highest BCUT2D eigenvalue weighted by Gasteiger charge is 1.98. The van der Waals surface area contributed by atoms with Gasteiger partial charge < -0.3 is 5.32 Å². The Morgan fingerprint density at radius 3 is 2.82 bits per heavy atom. The van der Waals surface area contributed by atoms with Crippen LogP contribution in [0.5, 0.6) is 0 Å². The van der Waals surface area contributed by atoms with Crippen LogP contribution in [0.4, 0.5) is 5.69 Å². The van der Waals surface area contributed by atoms with Crippen molar-refractivity contribution in [2.24, 2.45) is 0 Å². The first-order valence-electron chi connectivity index (χ1n) is 5.05. The molecule has 2 aromatic rings. The largest absolute Gasteiger partial charge is 0.322 e. The smallest absolute Gasteiger partial charge is 0.248 e. The Kier molecular flexibility index (Phi) is 3.62. The van der Waals surface area contributed by atoms with Gasteiger partial charge in [0.15, 0.2) is 0 Å². The van der Waals surface area contributed by atoms with Gasteiger partial charge in [-0.2, -0.15) is 0 Å². The van der Waals surface area contributed by atoms with Crippen molar-refractivity contribution in [3.05, 3.63) is 46.7 Å². The van der Waals surface area contributed by atoms with Crippen molar-refractivity contribution in [2.45, 2.75) is 6.92 Å². The molecule has 86 valence electrons. The fourth-order valence-corrected chi connectivity index (χ4v) is 1.82. The molecule has 0 saturated heterocycles. The van der Waals surface area contributed by atoms with Crippen molar-refractivity contribution in [2.75, 3.05) is 5.32 Å². The second-order valence-corrected chi connectivity index (χ2v) is 4.41. The molecule has 1 amide bonds. The third-order valence-electron chi connectivity index (χ3n) is 1.99. The second kappa shape index (κ2) is 5.36. The van der Waals surface area contributed by atoms with Crippen molar-refractivity contribution in [1.82, 2.24) is 9.97 Å². The number of carbonyl (C=O) groups is 1. The van der Waals surface area contributed by atoms with Gasteiger partial charge in [-0.05, 0) is 25.1 Å². The van der Waals surface area contributed by atoms with E-state index < -0.39 is 0 Å². The van der Waals surface area contributed by atoms with Crippen LogP contribution in [0.1, 0.15) is 10.7 Å². The molecule has 5 heteroatoms. The summed E-state index contributed by atoms with van der Waals surface area (Å²) in [6, 6.07) is 3.47. The number of hydrogen-bond acceptors (Lipinski definition) is 4. The first kappa shape index (κ1) is 11.5. The van der Waals surface area contributed by atoms with Gasteiger partial charge in [-0.25, -0.2) is 4.98 Å². The minimum atomic E-state index is -0.179. The summed E-state index contributed by atoms with van der Waals surface area (Å²) in [7, 11) is 0. The summed E-state index contributed by atoms with van der Waals surface area (Å²) >= 11 is 1.56. The molecule has 0 radical (unpaired) electrons. The van der Waals surface area contributed by atoms with Crippen LogP contribution in [-0.2, 0) is 4.79 Å². The van der Waals surface area contributed by atoms with Crippen molar-refractivity contribution >= 4 is 29.0 Å². The molecule has 17 heavy (non-hydrogen) atoms. The van der Waals surface area contributed by atoms with Crippen molar-refractivity contribution in [3.63, 3.8) is 0 Å². The molecule has 0 aromatic carbocycles. The summed E-state index contributed by atoms with van der Waals surface area (Å²) < 4.78 is 0. The Labute approximate surface area is 103 Å². The molecule has 0 bridgehead atoms. The number of nitrogens with zero attached hydrogens (tertiary/aromatic N) is 2. The number of aromatic nitrogens is 2. The van der Waals surface area contributed by atoms with Crippen molar-refractivity contribution in [3.8, 4) is 0 Å². The number of thiazole rings is 1. The van der Waals surface area contributed by atoms with E-state index in [9.17, 15) is 4.79 Å². The number of carbonyl (C=O) groups excluding carboxylic acids is 1. The standard InChI is InChI=1S/C12H11N3OS/c1-9-14-11(8-17-9)2-3-12(16)15-10-4-6-13-7-5-10/h2-8H,1H3,(H,13,15,16). The molecular formula is C12H11N3OS. The number of hydrogen-bond donors (Lipinski definition) is 1. The summed E-state index contributed by atoms with van der Waals surface area (Å²) in [5, 5.41) is 5.62. The lowest BCUT2D eigenvalue weighted by atomic mass is 10.3. The summed E-state index contributed by atoms with van der Waals surface area (Å²) in [5.41, 5.74) is 1.53. The number of amides is 1.